The Morgan fingerprint density at radius 3 is 2.87 bits per heavy atom. The van der Waals surface area contributed by atoms with Gasteiger partial charge in [0.05, 0.1) is 0 Å². The summed E-state index contributed by atoms with van der Waals surface area (Å²) in [5.41, 5.74) is 0. The molecule has 0 saturated carbocycles. The third kappa shape index (κ3) is 4.98. The molecule has 0 aliphatic carbocycles. The van der Waals surface area contributed by atoms with E-state index >= 15 is 0 Å². The largest absolute Gasteiger partial charge is 0.313 e. The molecule has 2 heteroatoms. The van der Waals surface area contributed by atoms with Gasteiger partial charge in [-0.1, -0.05) is 26.2 Å². The number of hydrogen-bond donors (Lipinski definition) is 1. The molecule has 1 rings (SSSR count). The molecule has 0 radical (unpaired) electrons. The lowest BCUT2D eigenvalue weighted by Gasteiger charge is -2.28. The van der Waals surface area contributed by atoms with E-state index in [4.69, 9.17) is 0 Å². The predicted octanol–water partition coefficient (Wildman–Crippen LogP) is 2.64. The monoisotopic (exact) mass is 212 g/mol. The highest BCUT2D eigenvalue weighted by Crippen LogP contribution is 2.11. The predicted molar refractivity (Wildman–Crippen MR) is 67.3 cm³/mol. The first kappa shape index (κ1) is 13.0. The Hall–Kier alpha value is -0.0800. The van der Waals surface area contributed by atoms with Crippen molar-refractivity contribution in [2.45, 2.75) is 64.5 Å². The Morgan fingerprint density at radius 2 is 2.13 bits per heavy atom. The summed E-state index contributed by atoms with van der Waals surface area (Å²) < 4.78 is 0. The van der Waals surface area contributed by atoms with E-state index in [1.165, 1.54) is 51.6 Å². The van der Waals surface area contributed by atoms with Gasteiger partial charge in [-0.25, -0.2) is 0 Å². The highest BCUT2D eigenvalue weighted by atomic mass is 15.1. The lowest BCUT2D eigenvalue weighted by atomic mass is 10.1. The van der Waals surface area contributed by atoms with Crippen molar-refractivity contribution in [2.75, 3.05) is 20.1 Å². The third-order valence-corrected chi connectivity index (χ3v) is 3.63. The van der Waals surface area contributed by atoms with Crippen LogP contribution >= 0.6 is 0 Å². The summed E-state index contributed by atoms with van der Waals surface area (Å²) in [7, 11) is 2.27. The van der Waals surface area contributed by atoms with Gasteiger partial charge < -0.3 is 10.2 Å². The number of hydrogen-bond acceptors (Lipinski definition) is 2. The van der Waals surface area contributed by atoms with Crippen LogP contribution in [-0.2, 0) is 0 Å². The van der Waals surface area contributed by atoms with Crippen molar-refractivity contribution in [2.24, 2.45) is 0 Å². The van der Waals surface area contributed by atoms with Crippen LogP contribution in [0.5, 0.6) is 0 Å². The van der Waals surface area contributed by atoms with E-state index in [0.29, 0.717) is 0 Å². The molecule has 1 saturated heterocycles. The summed E-state index contributed by atoms with van der Waals surface area (Å²) >= 11 is 0. The molecule has 0 aromatic heterocycles. The van der Waals surface area contributed by atoms with E-state index in [0.717, 1.165) is 12.1 Å². The third-order valence-electron chi connectivity index (χ3n) is 3.63. The Morgan fingerprint density at radius 1 is 1.33 bits per heavy atom. The number of nitrogens with zero attached hydrogens (tertiary/aromatic N) is 1. The number of nitrogens with one attached hydrogen (secondary N) is 1. The summed E-state index contributed by atoms with van der Waals surface area (Å²) in [5, 5.41) is 3.67. The molecule has 1 fully saturated rings. The van der Waals surface area contributed by atoms with Crippen LogP contribution < -0.4 is 5.32 Å². The van der Waals surface area contributed by atoms with Gasteiger partial charge in [-0.2, -0.15) is 0 Å². The Labute approximate surface area is 95.4 Å². The van der Waals surface area contributed by atoms with Crippen LogP contribution in [0.4, 0.5) is 0 Å². The zero-order chi connectivity index (χ0) is 11.1. The molecule has 1 aliphatic rings. The summed E-state index contributed by atoms with van der Waals surface area (Å²) in [5.74, 6) is 0. The highest BCUT2D eigenvalue weighted by molar-refractivity contribution is 4.75. The average Bonchev–Trinajstić information content (AvgIpc) is 2.46. The molecule has 0 aromatic rings. The molecule has 1 N–H and O–H groups in total. The maximum Gasteiger partial charge on any atom is 0.0195 e. The van der Waals surface area contributed by atoms with Crippen LogP contribution in [0.25, 0.3) is 0 Å². The van der Waals surface area contributed by atoms with Crippen molar-refractivity contribution >= 4 is 0 Å². The fourth-order valence-corrected chi connectivity index (χ4v) is 2.42. The van der Waals surface area contributed by atoms with Gasteiger partial charge in [-0.15, -0.1) is 0 Å². The van der Waals surface area contributed by atoms with Crippen molar-refractivity contribution in [3.8, 4) is 0 Å². The molecule has 15 heavy (non-hydrogen) atoms. The second-order valence-corrected chi connectivity index (χ2v) is 5.08. The number of rotatable bonds is 5. The summed E-state index contributed by atoms with van der Waals surface area (Å²) in [4.78, 5) is 2.52. The van der Waals surface area contributed by atoms with E-state index in [2.05, 4.69) is 31.1 Å². The van der Waals surface area contributed by atoms with Crippen LogP contribution in [0.2, 0.25) is 0 Å². The topological polar surface area (TPSA) is 15.3 Å². The van der Waals surface area contributed by atoms with Crippen LogP contribution in [0, 0.1) is 0 Å². The molecular weight excluding hydrogens is 184 g/mol. The lowest BCUT2D eigenvalue weighted by Crippen LogP contribution is -2.42. The molecule has 0 spiro atoms. The summed E-state index contributed by atoms with van der Waals surface area (Å²) in [6.45, 7) is 7.07. The smallest absolute Gasteiger partial charge is 0.0195 e. The van der Waals surface area contributed by atoms with Crippen LogP contribution in [0.1, 0.15) is 52.4 Å². The van der Waals surface area contributed by atoms with E-state index in [1.807, 2.05) is 0 Å². The molecule has 0 aromatic carbocycles. The average molecular weight is 212 g/mol. The Bertz CT molecular complexity index is 151. The zero-order valence-corrected chi connectivity index (χ0v) is 10.8. The summed E-state index contributed by atoms with van der Waals surface area (Å²) in [6, 6.07) is 1.47. The second-order valence-electron chi connectivity index (χ2n) is 5.08. The van der Waals surface area contributed by atoms with Gasteiger partial charge in [-0.05, 0) is 39.8 Å². The SMILES string of the molecule is CCCC(C)N(C)CC1CCCCCN1. The quantitative estimate of drug-likeness (QED) is 0.753. The number of likely N-dealkylation sites (N-methyl/N-ethyl adjacent to an activating group) is 1. The van der Waals surface area contributed by atoms with Crippen LogP contribution in [0.3, 0.4) is 0 Å². The van der Waals surface area contributed by atoms with E-state index < -0.39 is 0 Å². The Kier molecular flexibility index (Phi) is 6.26. The van der Waals surface area contributed by atoms with Gasteiger partial charge in [0.15, 0.2) is 0 Å². The lowest BCUT2D eigenvalue weighted by molar-refractivity contribution is 0.216. The van der Waals surface area contributed by atoms with Gasteiger partial charge >= 0.3 is 0 Å². The first-order valence-electron chi connectivity index (χ1n) is 6.67. The van der Waals surface area contributed by atoms with Gasteiger partial charge in [0, 0.05) is 18.6 Å². The molecule has 0 bridgehead atoms. The minimum Gasteiger partial charge on any atom is -0.313 e. The first-order chi connectivity index (χ1) is 7.24. The molecule has 2 unspecified atom stereocenters. The van der Waals surface area contributed by atoms with E-state index in [1.54, 1.807) is 0 Å². The normalized spacial score (nSPS) is 25.2. The van der Waals surface area contributed by atoms with Gasteiger partial charge in [0.25, 0.3) is 0 Å². The fourth-order valence-electron chi connectivity index (χ4n) is 2.42. The molecule has 90 valence electrons. The summed E-state index contributed by atoms with van der Waals surface area (Å²) in [6.07, 6.45) is 8.17. The Balaban J connectivity index is 2.25. The zero-order valence-electron chi connectivity index (χ0n) is 10.8. The van der Waals surface area contributed by atoms with Gasteiger partial charge in [-0.3, -0.25) is 0 Å². The maximum absolute atomic E-state index is 3.67. The molecule has 1 aliphatic heterocycles. The van der Waals surface area contributed by atoms with Crippen molar-refractivity contribution in [1.29, 1.82) is 0 Å². The van der Waals surface area contributed by atoms with Crippen molar-refractivity contribution in [3.63, 3.8) is 0 Å². The van der Waals surface area contributed by atoms with E-state index in [9.17, 15) is 0 Å². The van der Waals surface area contributed by atoms with Crippen LogP contribution in [-0.4, -0.2) is 37.1 Å². The molecule has 2 nitrogen and oxygen atoms in total. The first-order valence-corrected chi connectivity index (χ1v) is 6.67. The molecule has 1 heterocycles. The maximum atomic E-state index is 3.67. The van der Waals surface area contributed by atoms with Gasteiger partial charge in [0.1, 0.15) is 0 Å². The molecular formula is C13H28N2. The van der Waals surface area contributed by atoms with Crippen molar-refractivity contribution in [3.05, 3.63) is 0 Å². The fraction of sp³-hybridized carbons (Fsp3) is 1.00. The standard InChI is InChI=1S/C13H28N2/c1-4-8-12(2)15(3)11-13-9-6-5-7-10-14-13/h12-14H,4-11H2,1-3H3. The minimum absolute atomic E-state index is 0.733. The van der Waals surface area contributed by atoms with Crippen LogP contribution in [0.15, 0.2) is 0 Å². The molecule has 2 atom stereocenters. The molecule has 0 amide bonds. The van der Waals surface area contributed by atoms with Crippen molar-refractivity contribution in [1.82, 2.24) is 10.2 Å². The van der Waals surface area contributed by atoms with Gasteiger partial charge in [0.2, 0.25) is 0 Å². The highest BCUT2D eigenvalue weighted by Gasteiger charge is 2.16. The van der Waals surface area contributed by atoms with Crippen molar-refractivity contribution < 1.29 is 0 Å². The minimum atomic E-state index is 0.733. The van der Waals surface area contributed by atoms with E-state index in [-0.39, 0.29) is 0 Å². The second kappa shape index (κ2) is 7.24.